The van der Waals surface area contributed by atoms with Gasteiger partial charge in [0.1, 0.15) is 11.5 Å². The summed E-state index contributed by atoms with van der Waals surface area (Å²) in [7, 11) is 3.39. The average Bonchev–Trinajstić information content (AvgIpc) is 2.59. The van der Waals surface area contributed by atoms with Gasteiger partial charge in [0.05, 0.1) is 19.9 Å². The Bertz CT molecular complexity index is 411. The Kier molecular flexibility index (Phi) is 4.53. The van der Waals surface area contributed by atoms with E-state index >= 15 is 0 Å². The van der Waals surface area contributed by atoms with Crippen molar-refractivity contribution in [1.82, 2.24) is 5.32 Å². The fraction of sp³-hybridized carbons (Fsp3) is 0.600. The fourth-order valence-corrected chi connectivity index (χ4v) is 2.77. The van der Waals surface area contributed by atoms with E-state index in [9.17, 15) is 0 Å². The number of hydrogen-bond acceptors (Lipinski definition) is 4. The molecule has 0 radical (unpaired) electrons. The van der Waals surface area contributed by atoms with Gasteiger partial charge in [-0.2, -0.15) is 0 Å². The van der Waals surface area contributed by atoms with E-state index in [1.165, 1.54) is 0 Å². The highest BCUT2D eigenvalue weighted by Gasteiger charge is 2.25. The van der Waals surface area contributed by atoms with Crippen LogP contribution < -0.4 is 19.7 Å². The number of ether oxygens (including phenoxy) is 2. The Morgan fingerprint density at radius 3 is 2.63 bits per heavy atom. The molecule has 0 amide bonds. The molecule has 0 spiro atoms. The first-order valence-electron chi connectivity index (χ1n) is 6.88. The van der Waals surface area contributed by atoms with Crippen molar-refractivity contribution in [2.45, 2.75) is 32.4 Å². The fourth-order valence-electron chi connectivity index (χ4n) is 2.77. The molecule has 1 N–H and O–H groups in total. The van der Waals surface area contributed by atoms with Crippen molar-refractivity contribution >= 4 is 5.69 Å². The van der Waals surface area contributed by atoms with E-state index in [1.807, 2.05) is 12.1 Å². The molecular formula is C15H24N2O2. The third-order valence-corrected chi connectivity index (χ3v) is 3.79. The van der Waals surface area contributed by atoms with Crippen LogP contribution in [0.25, 0.3) is 0 Å². The molecule has 106 valence electrons. The Morgan fingerprint density at radius 1 is 1.16 bits per heavy atom. The van der Waals surface area contributed by atoms with Crippen LogP contribution in [0.5, 0.6) is 11.5 Å². The zero-order chi connectivity index (χ0) is 13.8. The molecule has 1 aromatic rings. The first-order valence-corrected chi connectivity index (χ1v) is 6.88. The highest BCUT2D eigenvalue weighted by molar-refractivity contribution is 5.62. The lowest BCUT2D eigenvalue weighted by molar-refractivity contribution is 0.392. The maximum atomic E-state index is 5.54. The minimum Gasteiger partial charge on any atom is -0.497 e. The van der Waals surface area contributed by atoms with Crippen LogP contribution in [0, 0.1) is 0 Å². The predicted molar refractivity (Wildman–Crippen MR) is 78.4 cm³/mol. The predicted octanol–water partition coefficient (Wildman–Crippen LogP) is 2.28. The average molecular weight is 264 g/mol. The molecule has 0 saturated carbocycles. The van der Waals surface area contributed by atoms with E-state index in [4.69, 9.17) is 9.47 Å². The molecular weight excluding hydrogens is 240 g/mol. The first-order chi connectivity index (χ1) is 9.17. The van der Waals surface area contributed by atoms with Crippen LogP contribution in [0.1, 0.15) is 20.3 Å². The van der Waals surface area contributed by atoms with E-state index in [2.05, 4.69) is 30.1 Å². The zero-order valence-electron chi connectivity index (χ0n) is 12.3. The van der Waals surface area contributed by atoms with Gasteiger partial charge in [-0.3, -0.25) is 0 Å². The lowest BCUT2D eigenvalue weighted by atomic mass is 10.1. The SMILES string of the molecule is COc1ccc(N2C(C)CCNCC2C)c(OC)c1. The van der Waals surface area contributed by atoms with Crippen molar-refractivity contribution in [3.63, 3.8) is 0 Å². The Morgan fingerprint density at radius 2 is 1.95 bits per heavy atom. The van der Waals surface area contributed by atoms with Gasteiger partial charge < -0.3 is 19.7 Å². The quantitative estimate of drug-likeness (QED) is 0.908. The number of rotatable bonds is 3. The lowest BCUT2D eigenvalue weighted by Crippen LogP contribution is -2.42. The van der Waals surface area contributed by atoms with Crippen LogP contribution >= 0.6 is 0 Å². The lowest BCUT2D eigenvalue weighted by Gasteiger charge is -2.35. The minimum absolute atomic E-state index is 0.444. The van der Waals surface area contributed by atoms with Gasteiger partial charge >= 0.3 is 0 Å². The molecule has 2 rings (SSSR count). The summed E-state index contributed by atoms with van der Waals surface area (Å²) < 4.78 is 10.8. The van der Waals surface area contributed by atoms with Crippen molar-refractivity contribution in [3.05, 3.63) is 18.2 Å². The highest BCUT2D eigenvalue weighted by atomic mass is 16.5. The molecule has 1 aliphatic rings. The van der Waals surface area contributed by atoms with Gasteiger partial charge in [0.15, 0.2) is 0 Å². The maximum Gasteiger partial charge on any atom is 0.145 e. The summed E-state index contributed by atoms with van der Waals surface area (Å²) in [6, 6.07) is 6.98. The number of nitrogens with one attached hydrogen (secondary N) is 1. The Hall–Kier alpha value is -1.42. The number of methoxy groups -OCH3 is 2. The van der Waals surface area contributed by atoms with E-state index in [-0.39, 0.29) is 0 Å². The molecule has 4 heteroatoms. The molecule has 0 aliphatic carbocycles. The summed E-state index contributed by atoms with van der Waals surface area (Å²) in [6.07, 6.45) is 1.14. The van der Waals surface area contributed by atoms with Crippen molar-refractivity contribution in [1.29, 1.82) is 0 Å². The van der Waals surface area contributed by atoms with Gasteiger partial charge in [-0.1, -0.05) is 0 Å². The van der Waals surface area contributed by atoms with Crippen LogP contribution in [0.2, 0.25) is 0 Å². The molecule has 0 bridgehead atoms. The first kappa shape index (κ1) is 14.0. The molecule has 2 atom stereocenters. The standard InChI is InChI=1S/C15H24N2O2/c1-11-7-8-16-10-12(2)17(11)14-6-5-13(18-3)9-15(14)19-4/h5-6,9,11-12,16H,7-8,10H2,1-4H3. The number of benzene rings is 1. The van der Waals surface area contributed by atoms with E-state index in [0.29, 0.717) is 12.1 Å². The second-order valence-corrected chi connectivity index (χ2v) is 5.14. The topological polar surface area (TPSA) is 33.7 Å². The smallest absolute Gasteiger partial charge is 0.145 e. The number of anilines is 1. The Balaban J connectivity index is 2.37. The van der Waals surface area contributed by atoms with Crippen LogP contribution in [0.15, 0.2) is 18.2 Å². The molecule has 2 unspecified atom stereocenters. The van der Waals surface area contributed by atoms with Crippen LogP contribution in [0.3, 0.4) is 0 Å². The third-order valence-electron chi connectivity index (χ3n) is 3.79. The van der Waals surface area contributed by atoms with Gasteiger partial charge in [0.2, 0.25) is 0 Å². The number of nitrogens with zero attached hydrogens (tertiary/aromatic N) is 1. The summed E-state index contributed by atoms with van der Waals surface area (Å²) in [5.41, 5.74) is 1.15. The Labute approximate surface area is 115 Å². The normalized spacial score (nSPS) is 23.9. The van der Waals surface area contributed by atoms with Crippen molar-refractivity contribution in [3.8, 4) is 11.5 Å². The van der Waals surface area contributed by atoms with Crippen LogP contribution in [-0.2, 0) is 0 Å². The summed E-state index contributed by atoms with van der Waals surface area (Å²) >= 11 is 0. The molecule has 1 saturated heterocycles. The maximum absolute atomic E-state index is 5.54. The molecule has 1 heterocycles. The zero-order valence-corrected chi connectivity index (χ0v) is 12.3. The summed E-state index contributed by atoms with van der Waals surface area (Å²) in [5.74, 6) is 1.70. The third kappa shape index (κ3) is 2.95. The van der Waals surface area contributed by atoms with E-state index in [0.717, 1.165) is 36.7 Å². The monoisotopic (exact) mass is 264 g/mol. The summed E-state index contributed by atoms with van der Waals surface area (Å²) in [4.78, 5) is 2.44. The molecule has 1 fully saturated rings. The minimum atomic E-state index is 0.444. The van der Waals surface area contributed by atoms with Gasteiger partial charge in [0, 0.05) is 24.7 Å². The van der Waals surface area contributed by atoms with Gasteiger partial charge in [-0.25, -0.2) is 0 Å². The van der Waals surface area contributed by atoms with E-state index < -0.39 is 0 Å². The highest BCUT2D eigenvalue weighted by Crippen LogP contribution is 2.35. The molecule has 19 heavy (non-hydrogen) atoms. The number of hydrogen-bond donors (Lipinski definition) is 1. The van der Waals surface area contributed by atoms with Gasteiger partial charge in [-0.15, -0.1) is 0 Å². The summed E-state index contributed by atoms with van der Waals surface area (Å²) in [5, 5.41) is 3.48. The summed E-state index contributed by atoms with van der Waals surface area (Å²) in [6.45, 7) is 6.59. The van der Waals surface area contributed by atoms with Crippen molar-refractivity contribution in [2.24, 2.45) is 0 Å². The van der Waals surface area contributed by atoms with Crippen molar-refractivity contribution in [2.75, 3.05) is 32.2 Å². The second kappa shape index (κ2) is 6.15. The van der Waals surface area contributed by atoms with Crippen LogP contribution in [-0.4, -0.2) is 39.4 Å². The molecule has 1 aliphatic heterocycles. The van der Waals surface area contributed by atoms with E-state index in [1.54, 1.807) is 14.2 Å². The largest absolute Gasteiger partial charge is 0.497 e. The molecule has 0 aromatic heterocycles. The van der Waals surface area contributed by atoms with Crippen molar-refractivity contribution < 1.29 is 9.47 Å². The molecule has 4 nitrogen and oxygen atoms in total. The van der Waals surface area contributed by atoms with Gasteiger partial charge in [0.25, 0.3) is 0 Å². The molecule has 1 aromatic carbocycles. The van der Waals surface area contributed by atoms with Gasteiger partial charge in [-0.05, 0) is 38.9 Å². The second-order valence-electron chi connectivity index (χ2n) is 5.14. The van der Waals surface area contributed by atoms with Crippen LogP contribution in [0.4, 0.5) is 5.69 Å².